The van der Waals surface area contributed by atoms with Crippen LogP contribution in [0.3, 0.4) is 0 Å². The Bertz CT molecular complexity index is 988. The van der Waals surface area contributed by atoms with Crippen molar-refractivity contribution >= 4 is 35.1 Å². The van der Waals surface area contributed by atoms with Gasteiger partial charge in [-0.25, -0.2) is 0 Å². The minimum Gasteiger partial charge on any atom is -0.454 e. The first-order chi connectivity index (χ1) is 14.3. The average Bonchev–Trinajstić information content (AvgIpc) is 2.84. The van der Waals surface area contributed by atoms with Crippen molar-refractivity contribution in [3.05, 3.63) is 59.7 Å². The molecule has 0 saturated carbocycles. The number of benzene rings is 2. The summed E-state index contributed by atoms with van der Waals surface area (Å²) < 4.78 is 5.05. The van der Waals surface area contributed by atoms with E-state index in [-0.39, 0.29) is 18.9 Å². The maximum Gasteiger partial charge on any atom is 0.325 e. The van der Waals surface area contributed by atoms with E-state index < -0.39 is 30.4 Å². The summed E-state index contributed by atoms with van der Waals surface area (Å²) in [5.74, 6) is -1.78. The zero-order valence-electron chi connectivity index (χ0n) is 16.8. The minimum atomic E-state index is -0.727. The summed E-state index contributed by atoms with van der Waals surface area (Å²) >= 11 is 0. The fraction of sp³-hybridized carbons (Fsp3) is 0.273. The van der Waals surface area contributed by atoms with Crippen LogP contribution >= 0.6 is 0 Å². The monoisotopic (exact) mass is 409 g/mol. The molecule has 8 nitrogen and oxygen atoms in total. The van der Waals surface area contributed by atoms with E-state index in [1.54, 1.807) is 49.4 Å². The number of nitrogens with one attached hydrogen (secondary N) is 2. The van der Waals surface area contributed by atoms with E-state index in [4.69, 9.17) is 4.74 Å². The van der Waals surface area contributed by atoms with Crippen molar-refractivity contribution in [2.24, 2.45) is 0 Å². The molecule has 1 aliphatic rings. The Kier molecular flexibility index (Phi) is 6.46. The largest absolute Gasteiger partial charge is 0.454 e. The van der Waals surface area contributed by atoms with Crippen LogP contribution in [0, 0.1) is 6.92 Å². The molecule has 0 radical (unpaired) electrons. The van der Waals surface area contributed by atoms with Gasteiger partial charge in [-0.2, -0.15) is 0 Å². The number of fused-ring (bicyclic) bond motifs is 1. The normalized spacial score (nSPS) is 15.5. The van der Waals surface area contributed by atoms with E-state index in [1.165, 1.54) is 4.90 Å². The molecule has 156 valence electrons. The summed E-state index contributed by atoms with van der Waals surface area (Å²) in [7, 11) is 0. The van der Waals surface area contributed by atoms with Gasteiger partial charge >= 0.3 is 5.97 Å². The first-order valence-electron chi connectivity index (χ1n) is 9.56. The van der Waals surface area contributed by atoms with Crippen LogP contribution in [0.4, 0.5) is 11.4 Å². The van der Waals surface area contributed by atoms with Crippen molar-refractivity contribution in [3.8, 4) is 0 Å². The highest BCUT2D eigenvalue weighted by molar-refractivity contribution is 6.05. The number of carbonyl (C=O) groups excluding carboxylic acids is 4. The summed E-state index contributed by atoms with van der Waals surface area (Å²) in [5, 5.41) is 5.24. The second kappa shape index (κ2) is 9.21. The molecular weight excluding hydrogens is 386 g/mol. The van der Waals surface area contributed by atoms with Crippen LogP contribution in [-0.2, 0) is 19.1 Å². The molecule has 8 heteroatoms. The zero-order chi connectivity index (χ0) is 21.7. The van der Waals surface area contributed by atoms with Gasteiger partial charge in [-0.1, -0.05) is 29.8 Å². The van der Waals surface area contributed by atoms with E-state index >= 15 is 0 Å². The standard InChI is InChI=1S/C22H23N3O5/c1-14-6-5-7-16(10-14)22(29)23-12-21(28)30-13-20(27)25-15(2)11-19(26)24-17-8-3-4-9-18(17)25/h3-10,15H,11-13H2,1-2H3,(H,23,29)(H,24,26)/t15-/m0/s1. The maximum absolute atomic E-state index is 12.8. The predicted molar refractivity (Wildman–Crippen MR) is 111 cm³/mol. The first-order valence-corrected chi connectivity index (χ1v) is 9.56. The maximum atomic E-state index is 12.8. The predicted octanol–water partition coefficient (Wildman–Crippen LogP) is 2.03. The lowest BCUT2D eigenvalue weighted by Crippen LogP contribution is -2.42. The van der Waals surface area contributed by atoms with Gasteiger partial charge in [-0.15, -0.1) is 0 Å². The van der Waals surface area contributed by atoms with Gasteiger partial charge in [0.25, 0.3) is 11.8 Å². The smallest absolute Gasteiger partial charge is 0.325 e. The molecule has 0 unspecified atom stereocenters. The average molecular weight is 409 g/mol. The number of hydrogen-bond acceptors (Lipinski definition) is 5. The number of anilines is 2. The third-order valence-electron chi connectivity index (χ3n) is 4.66. The fourth-order valence-electron chi connectivity index (χ4n) is 3.27. The van der Waals surface area contributed by atoms with E-state index in [9.17, 15) is 19.2 Å². The number of carbonyl (C=O) groups is 4. The number of amides is 3. The van der Waals surface area contributed by atoms with Gasteiger partial charge in [-0.05, 0) is 38.1 Å². The number of rotatable bonds is 5. The van der Waals surface area contributed by atoms with Gasteiger partial charge in [0.2, 0.25) is 5.91 Å². The Labute approximate surface area is 174 Å². The zero-order valence-corrected chi connectivity index (χ0v) is 16.8. The molecule has 30 heavy (non-hydrogen) atoms. The SMILES string of the molecule is Cc1cccc(C(=O)NCC(=O)OCC(=O)N2c3ccccc3NC(=O)C[C@@H]2C)c1. The first kappa shape index (κ1) is 21.0. The van der Waals surface area contributed by atoms with E-state index in [1.807, 2.05) is 13.0 Å². The Balaban J connectivity index is 1.57. The summed E-state index contributed by atoms with van der Waals surface area (Å²) in [6, 6.07) is 13.5. The molecule has 0 aliphatic carbocycles. The summed E-state index contributed by atoms with van der Waals surface area (Å²) in [4.78, 5) is 50.3. The van der Waals surface area contributed by atoms with Crippen molar-refractivity contribution in [1.29, 1.82) is 0 Å². The summed E-state index contributed by atoms with van der Waals surface area (Å²) in [6.45, 7) is 2.77. The van der Waals surface area contributed by atoms with Crippen LogP contribution in [0.15, 0.2) is 48.5 Å². The number of aryl methyl sites for hydroxylation is 1. The van der Waals surface area contributed by atoms with Crippen LogP contribution in [0.5, 0.6) is 0 Å². The fourth-order valence-corrected chi connectivity index (χ4v) is 3.27. The van der Waals surface area contributed by atoms with Crippen molar-refractivity contribution < 1.29 is 23.9 Å². The van der Waals surface area contributed by atoms with Crippen molar-refractivity contribution in [2.45, 2.75) is 26.3 Å². The quantitative estimate of drug-likeness (QED) is 0.736. The van der Waals surface area contributed by atoms with Gasteiger partial charge in [0.05, 0.1) is 11.4 Å². The molecule has 3 rings (SSSR count). The van der Waals surface area contributed by atoms with Gasteiger partial charge in [0.15, 0.2) is 6.61 Å². The Morgan fingerprint density at radius 2 is 1.93 bits per heavy atom. The number of nitrogens with zero attached hydrogens (tertiary/aromatic N) is 1. The second-order valence-electron chi connectivity index (χ2n) is 7.10. The highest BCUT2D eigenvalue weighted by Crippen LogP contribution is 2.31. The van der Waals surface area contributed by atoms with Gasteiger partial charge in [0.1, 0.15) is 6.54 Å². The molecule has 1 atom stereocenters. The Morgan fingerprint density at radius 3 is 2.70 bits per heavy atom. The third kappa shape index (κ3) is 5.02. The Morgan fingerprint density at radius 1 is 1.17 bits per heavy atom. The second-order valence-corrected chi connectivity index (χ2v) is 7.10. The van der Waals surface area contributed by atoms with Crippen molar-refractivity contribution in [2.75, 3.05) is 23.4 Å². The van der Waals surface area contributed by atoms with E-state index in [0.717, 1.165) is 5.56 Å². The molecule has 0 bridgehead atoms. The van der Waals surface area contributed by atoms with Crippen LogP contribution in [0.25, 0.3) is 0 Å². The van der Waals surface area contributed by atoms with Gasteiger partial charge in [-0.3, -0.25) is 19.2 Å². The lowest BCUT2D eigenvalue weighted by Gasteiger charge is -2.27. The number of hydrogen-bond donors (Lipinski definition) is 2. The highest BCUT2D eigenvalue weighted by Gasteiger charge is 2.30. The number of esters is 1. The minimum absolute atomic E-state index is 0.126. The third-order valence-corrected chi connectivity index (χ3v) is 4.66. The van der Waals surface area contributed by atoms with Crippen LogP contribution in [0.1, 0.15) is 29.3 Å². The molecule has 0 fully saturated rings. The molecule has 3 amide bonds. The molecular formula is C22H23N3O5. The van der Waals surface area contributed by atoms with E-state index in [2.05, 4.69) is 10.6 Å². The Hall–Kier alpha value is -3.68. The lowest BCUT2D eigenvalue weighted by atomic mass is 10.1. The molecule has 0 saturated heterocycles. The van der Waals surface area contributed by atoms with E-state index in [0.29, 0.717) is 16.9 Å². The molecule has 1 aliphatic heterocycles. The molecule has 2 N–H and O–H groups in total. The summed E-state index contributed by atoms with van der Waals surface area (Å²) in [5.41, 5.74) is 2.43. The number of ether oxygens (including phenoxy) is 1. The number of para-hydroxylation sites is 2. The molecule has 1 heterocycles. The van der Waals surface area contributed by atoms with Gasteiger partial charge < -0.3 is 20.3 Å². The topological polar surface area (TPSA) is 105 Å². The van der Waals surface area contributed by atoms with Crippen molar-refractivity contribution in [1.82, 2.24) is 5.32 Å². The van der Waals surface area contributed by atoms with Gasteiger partial charge in [0, 0.05) is 18.0 Å². The highest BCUT2D eigenvalue weighted by atomic mass is 16.5. The molecule has 0 spiro atoms. The molecule has 2 aromatic carbocycles. The molecule has 0 aromatic heterocycles. The van der Waals surface area contributed by atoms with Crippen LogP contribution < -0.4 is 15.5 Å². The molecule has 2 aromatic rings. The lowest BCUT2D eigenvalue weighted by molar-refractivity contribution is -0.146. The van der Waals surface area contributed by atoms with Crippen LogP contribution in [0.2, 0.25) is 0 Å². The van der Waals surface area contributed by atoms with Crippen LogP contribution in [-0.4, -0.2) is 42.9 Å². The van der Waals surface area contributed by atoms with Crippen molar-refractivity contribution in [3.63, 3.8) is 0 Å². The summed E-state index contributed by atoms with van der Waals surface area (Å²) in [6.07, 6.45) is 0.126.